The number of rotatable bonds is 2. The molecule has 0 radical (unpaired) electrons. The van der Waals surface area contributed by atoms with Crippen molar-refractivity contribution in [3.05, 3.63) is 11.9 Å². The SMILES string of the molecule is COC1CCC(c2cnc(N)c(N)n2)CC1. The molecule has 1 aromatic rings. The lowest BCUT2D eigenvalue weighted by atomic mass is 9.85. The smallest absolute Gasteiger partial charge is 0.166 e. The van der Waals surface area contributed by atoms with Gasteiger partial charge in [-0.2, -0.15) is 0 Å². The molecule has 1 saturated carbocycles. The second kappa shape index (κ2) is 4.65. The van der Waals surface area contributed by atoms with Gasteiger partial charge in [0.05, 0.1) is 18.0 Å². The molecular weight excluding hydrogens is 204 g/mol. The summed E-state index contributed by atoms with van der Waals surface area (Å²) < 4.78 is 5.34. The topological polar surface area (TPSA) is 87.0 Å². The van der Waals surface area contributed by atoms with E-state index in [1.54, 1.807) is 13.3 Å². The molecule has 16 heavy (non-hydrogen) atoms. The number of aromatic nitrogens is 2. The van der Waals surface area contributed by atoms with Crippen LogP contribution >= 0.6 is 0 Å². The molecule has 1 heterocycles. The molecule has 0 amide bonds. The van der Waals surface area contributed by atoms with Crippen molar-refractivity contribution >= 4 is 11.6 Å². The van der Waals surface area contributed by atoms with Gasteiger partial charge in [0.1, 0.15) is 0 Å². The lowest BCUT2D eigenvalue weighted by molar-refractivity contribution is 0.0655. The summed E-state index contributed by atoms with van der Waals surface area (Å²) in [6, 6.07) is 0. The molecular formula is C11H18N4O. The maximum atomic E-state index is 5.66. The van der Waals surface area contributed by atoms with Crippen molar-refractivity contribution in [2.45, 2.75) is 37.7 Å². The molecule has 0 aliphatic heterocycles. The summed E-state index contributed by atoms with van der Waals surface area (Å²) in [5.41, 5.74) is 12.2. The molecule has 0 spiro atoms. The third-order valence-corrected chi connectivity index (χ3v) is 3.27. The fraction of sp³-hybridized carbons (Fsp3) is 0.636. The zero-order chi connectivity index (χ0) is 11.5. The fourth-order valence-electron chi connectivity index (χ4n) is 2.22. The summed E-state index contributed by atoms with van der Waals surface area (Å²) >= 11 is 0. The second-order valence-electron chi connectivity index (χ2n) is 4.27. The number of nitrogens with two attached hydrogens (primary N) is 2. The Morgan fingerprint density at radius 3 is 2.44 bits per heavy atom. The van der Waals surface area contributed by atoms with Crippen LogP contribution in [0.25, 0.3) is 0 Å². The van der Waals surface area contributed by atoms with Gasteiger partial charge in [0, 0.05) is 13.0 Å². The maximum absolute atomic E-state index is 5.66. The molecule has 1 aliphatic rings. The molecule has 1 fully saturated rings. The van der Waals surface area contributed by atoms with E-state index in [0.29, 0.717) is 23.7 Å². The molecule has 2 rings (SSSR count). The normalized spacial score (nSPS) is 25.6. The van der Waals surface area contributed by atoms with Crippen LogP contribution in [0.15, 0.2) is 6.20 Å². The van der Waals surface area contributed by atoms with Gasteiger partial charge in [-0.05, 0) is 25.7 Å². The van der Waals surface area contributed by atoms with E-state index in [-0.39, 0.29) is 0 Å². The first-order chi connectivity index (χ1) is 7.70. The van der Waals surface area contributed by atoms with Crippen LogP contribution in [0, 0.1) is 0 Å². The number of hydrogen-bond donors (Lipinski definition) is 2. The van der Waals surface area contributed by atoms with Crippen LogP contribution < -0.4 is 11.5 Å². The highest BCUT2D eigenvalue weighted by atomic mass is 16.5. The minimum absolute atomic E-state index is 0.314. The molecule has 0 aromatic carbocycles. The Hall–Kier alpha value is -1.36. The van der Waals surface area contributed by atoms with Crippen molar-refractivity contribution in [1.82, 2.24) is 9.97 Å². The predicted octanol–water partition coefficient (Wildman–Crippen LogP) is 1.31. The van der Waals surface area contributed by atoms with Crippen LogP contribution in [0.2, 0.25) is 0 Å². The molecule has 5 nitrogen and oxygen atoms in total. The number of anilines is 2. The molecule has 0 saturated heterocycles. The van der Waals surface area contributed by atoms with Gasteiger partial charge in [-0.3, -0.25) is 0 Å². The molecule has 0 bridgehead atoms. The van der Waals surface area contributed by atoms with Gasteiger partial charge < -0.3 is 16.2 Å². The van der Waals surface area contributed by atoms with E-state index in [1.165, 1.54) is 0 Å². The monoisotopic (exact) mass is 222 g/mol. The largest absolute Gasteiger partial charge is 0.381 e. The van der Waals surface area contributed by atoms with Crippen LogP contribution in [-0.4, -0.2) is 23.2 Å². The summed E-state index contributed by atoms with van der Waals surface area (Å²) in [5, 5.41) is 0. The van der Waals surface area contributed by atoms with Crippen LogP contribution in [0.1, 0.15) is 37.3 Å². The minimum atomic E-state index is 0.314. The fourth-order valence-corrected chi connectivity index (χ4v) is 2.22. The quantitative estimate of drug-likeness (QED) is 0.787. The standard InChI is InChI=1S/C11H18N4O/c1-16-8-4-2-7(3-5-8)9-6-14-10(12)11(13)15-9/h6-8H,2-5H2,1H3,(H2,12,14)(H2,13,15). The van der Waals surface area contributed by atoms with Gasteiger partial charge in [-0.15, -0.1) is 0 Å². The third-order valence-electron chi connectivity index (χ3n) is 3.27. The second-order valence-corrected chi connectivity index (χ2v) is 4.27. The van der Waals surface area contributed by atoms with E-state index in [9.17, 15) is 0 Å². The van der Waals surface area contributed by atoms with E-state index < -0.39 is 0 Å². The zero-order valence-electron chi connectivity index (χ0n) is 9.52. The number of hydrogen-bond acceptors (Lipinski definition) is 5. The lowest BCUT2D eigenvalue weighted by Crippen LogP contribution is -2.20. The van der Waals surface area contributed by atoms with E-state index in [0.717, 1.165) is 31.4 Å². The van der Waals surface area contributed by atoms with Gasteiger partial charge in [0.15, 0.2) is 11.6 Å². The Labute approximate surface area is 95.2 Å². The zero-order valence-corrected chi connectivity index (χ0v) is 9.52. The van der Waals surface area contributed by atoms with Crippen molar-refractivity contribution in [2.24, 2.45) is 0 Å². The third kappa shape index (κ3) is 2.24. The Bertz CT molecular complexity index is 361. The van der Waals surface area contributed by atoms with Crippen molar-refractivity contribution in [3.63, 3.8) is 0 Å². The van der Waals surface area contributed by atoms with Crippen molar-refractivity contribution < 1.29 is 4.74 Å². The molecule has 1 aromatic heterocycles. The summed E-state index contributed by atoms with van der Waals surface area (Å²) in [7, 11) is 1.77. The van der Waals surface area contributed by atoms with E-state index in [2.05, 4.69) is 9.97 Å². The number of methoxy groups -OCH3 is 1. The number of ether oxygens (including phenoxy) is 1. The van der Waals surface area contributed by atoms with E-state index in [4.69, 9.17) is 16.2 Å². The van der Waals surface area contributed by atoms with Crippen LogP contribution in [-0.2, 0) is 4.74 Å². The van der Waals surface area contributed by atoms with Crippen molar-refractivity contribution in [3.8, 4) is 0 Å². The van der Waals surface area contributed by atoms with Crippen molar-refractivity contribution in [1.29, 1.82) is 0 Å². The van der Waals surface area contributed by atoms with Gasteiger partial charge in [0.2, 0.25) is 0 Å². The highest BCUT2D eigenvalue weighted by Gasteiger charge is 2.23. The highest BCUT2D eigenvalue weighted by molar-refractivity contribution is 5.51. The van der Waals surface area contributed by atoms with Crippen LogP contribution in [0.3, 0.4) is 0 Å². The maximum Gasteiger partial charge on any atom is 0.166 e. The Morgan fingerprint density at radius 1 is 1.19 bits per heavy atom. The molecule has 0 unspecified atom stereocenters. The van der Waals surface area contributed by atoms with Gasteiger partial charge >= 0.3 is 0 Å². The Balaban J connectivity index is 2.05. The highest BCUT2D eigenvalue weighted by Crippen LogP contribution is 2.33. The molecule has 1 aliphatic carbocycles. The minimum Gasteiger partial charge on any atom is -0.381 e. The number of nitrogen functional groups attached to an aromatic ring is 2. The average Bonchev–Trinajstić information content (AvgIpc) is 2.33. The summed E-state index contributed by atoms with van der Waals surface area (Å²) in [4.78, 5) is 8.35. The first-order valence-corrected chi connectivity index (χ1v) is 5.61. The Kier molecular flexibility index (Phi) is 3.24. The molecule has 88 valence electrons. The van der Waals surface area contributed by atoms with Gasteiger partial charge in [-0.1, -0.05) is 0 Å². The van der Waals surface area contributed by atoms with Crippen LogP contribution in [0.4, 0.5) is 11.6 Å². The molecule has 0 atom stereocenters. The predicted molar refractivity (Wildman–Crippen MR) is 62.9 cm³/mol. The molecule has 5 heteroatoms. The summed E-state index contributed by atoms with van der Waals surface area (Å²) in [6.07, 6.45) is 6.45. The van der Waals surface area contributed by atoms with Gasteiger partial charge in [0.25, 0.3) is 0 Å². The average molecular weight is 222 g/mol. The summed E-state index contributed by atoms with van der Waals surface area (Å²) in [6.45, 7) is 0. The first kappa shape index (κ1) is 11.1. The van der Waals surface area contributed by atoms with E-state index in [1.807, 2.05) is 0 Å². The van der Waals surface area contributed by atoms with Gasteiger partial charge in [-0.25, -0.2) is 9.97 Å². The lowest BCUT2D eigenvalue weighted by Gasteiger charge is -2.27. The van der Waals surface area contributed by atoms with E-state index >= 15 is 0 Å². The number of nitrogens with zero attached hydrogens (tertiary/aromatic N) is 2. The Morgan fingerprint density at radius 2 is 1.88 bits per heavy atom. The summed E-state index contributed by atoms with van der Waals surface area (Å²) in [5.74, 6) is 1.10. The van der Waals surface area contributed by atoms with Crippen molar-refractivity contribution in [2.75, 3.05) is 18.6 Å². The first-order valence-electron chi connectivity index (χ1n) is 5.61. The van der Waals surface area contributed by atoms with Crippen LogP contribution in [0.5, 0.6) is 0 Å². The molecule has 4 N–H and O–H groups in total.